The highest BCUT2D eigenvalue weighted by Crippen LogP contribution is 2.28. The molecular formula is C30H34N4O5S. The van der Waals surface area contributed by atoms with Crippen molar-refractivity contribution in [1.29, 1.82) is 0 Å². The number of benzene rings is 2. The van der Waals surface area contributed by atoms with Crippen molar-refractivity contribution in [2.24, 2.45) is 0 Å². The molecule has 210 valence electrons. The molecular weight excluding hydrogens is 528 g/mol. The number of fused-ring (bicyclic) bond motifs is 5. The van der Waals surface area contributed by atoms with Gasteiger partial charge in [-0.2, -0.15) is 0 Å². The van der Waals surface area contributed by atoms with Gasteiger partial charge in [0.25, 0.3) is 5.91 Å². The molecule has 0 aliphatic carbocycles. The van der Waals surface area contributed by atoms with E-state index >= 15 is 0 Å². The van der Waals surface area contributed by atoms with E-state index in [9.17, 15) is 14.4 Å². The molecule has 4 bridgehead atoms. The molecule has 0 radical (unpaired) electrons. The number of amides is 3. The summed E-state index contributed by atoms with van der Waals surface area (Å²) in [5, 5.41) is 3.05. The normalized spacial score (nSPS) is 20.0. The van der Waals surface area contributed by atoms with Crippen molar-refractivity contribution >= 4 is 29.1 Å². The second kappa shape index (κ2) is 12.2. The fourth-order valence-corrected chi connectivity index (χ4v) is 5.85. The average molecular weight is 563 g/mol. The van der Waals surface area contributed by atoms with E-state index in [4.69, 9.17) is 9.47 Å². The summed E-state index contributed by atoms with van der Waals surface area (Å²) in [4.78, 5) is 47.9. The Morgan fingerprint density at radius 2 is 2.02 bits per heavy atom. The van der Waals surface area contributed by atoms with Crippen LogP contribution in [0.2, 0.25) is 0 Å². The summed E-state index contributed by atoms with van der Waals surface area (Å²) < 4.78 is 12.5. The van der Waals surface area contributed by atoms with Crippen LogP contribution in [0.25, 0.3) is 0 Å². The van der Waals surface area contributed by atoms with E-state index in [0.717, 1.165) is 21.7 Å². The number of piperidine rings is 1. The third-order valence-corrected chi connectivity index (χ3v) is 8.41. The smallest absolute Gasteiger partial charge is 0.254 e. The first-order valence-corrected chi connectivity index (χ1v) is 14.4. The van der Waals surface area contributed by atoms with Crippen LogP contribution in [0.4, 0.5) is 0 Å². The Kier molecular flexibility index (Phi) is 8.46. The molecule has 2 aliphatic rings. The summed E-state index contributed by atoms with van der Waals surface area (Å²) in [6.07, 6.45) is 1.34. The zero-order valence-electron chi connectivity index (χ0n) is 23.0. The van der Waals surface area contributed by atoms with Crippen molar-refractivity contribution in [1.82, 2.24) is 20.1 Å². The number of aryl methyl sites for hydroxylation is 3. The molecule has 40 heavy (non-hydrogen) atoms. The van der Waals surface area contributed by atoms with Crippen molar-refractivity contribution in [3.8, 4) is 11.5 Å². The average Bonchev–Trinajstić information content (AvgIpc) is 3.35. The van der Waals surface area contributed by atoms with E-state index in [1.165, 1.54) is 4.90 Å². The van der Waals surface area contributed by atoms with Gasteiger partial charge in [-0.15, -0.1) is 11.3 Å². The van der Waals surface area contributed by atoms with Crippen LogP contribution < -0.4 is 10.1 Å². The molecule has 1 saturated heterocycles. The van der Waals surface area contributed by atoms with E-state index in [1.807, 2.05) is 44.2 Å². The molecule has 2 aromatic carbocycles. The lowest BCUT2D eigenvalue weighted by Gasteiger charge is -2.39. The number of ether oxygens (including phenoxy) is 2. The van der Waals surface area contributed by atoms with Crippen LogP contribution in [0.15, 0.2) is 48.0 Å². The first-order valence-electron chi connectivity index (χ1n) is 13.5. The summed E-state index contributed by atoms with van der Waals surface area (Å²) in [7, 11) is 1.60. The Labute approximate surface area is 238 Å². The third kappa shape index (κ3) is 6.51. The fraction of sp³-hybridized carbons (Fsp3) is 0.400. The number of hydrogen-bond donors (Lipinski definition) is 1. The summed E-state index contributed by atoms with van der Waals surface area (Å²) in [6.45, 7) is 4.98. The lowest BCUT2D eigenvalue weighted by Crippen LogP contribution is -2.58. The number of rotatable bonds is 3. The molecule has 1 N–H and O–H groups in total. The molecule has 3 heterocycles. The maximum absolute atomic E-state index is 13.2. The number of likely N-dealkylation sites (N-methyl/N-ethyl adjacent to an activating group) is 1. The Morgan fingerprint density at radius 1 is 1.18 bits per heavy atom. The van der Waals surface area contributed by atoms with E-state index in [2.05, 4.69) is 10.3 Å². The van der Waals surface area contributed by atoms with Crippen LogP contribution in [0.5, 0.6) is 11.5 Å². The number of aromatic nitrogens is 1. The van der Waals surface area contributed by atoms with Gasteiger partial charge in [-0.1, -0.05) is 18.2 Å². The molecule has 5 rings (SSSR count). The highest BCUT2D eigenvalue weighted by molar-refractivity contribution is 7.09. The SMILES string of the molecule is Cc1ccc2cc1Oc1cccc(c1)CO[C@@H]1CCN(C(=O)CCc3scnc3C)C[C@@H]1NC(=O)CN(C)C2=O. The van der Waals surface area contributed by atoms with Crippen LogP contribution in [-0.4, -0.2) is 71.3 Å². The molecule has 9 nitrogen and oxygen atoms in total. The topological polar surface area (TPSA) is 101 Å². The van der Waals surface area contributed by atoms with Crippen LogP contribution in [-0.2, 0) is 27.4 Å². The minimum absolute atomic E-state index is 0.0416. The largest absolute Gasteiger partial charge is 0.457 e. The van der Waals surface area contributed by atoms with E-state index in [-0.39, 0.29) is 30.4 Å². The minimum atomic E-state index is -0.405. The second-order valence-corrected chi connectivity index (χ2v) is 11.3. The van der Waals surface area contributed by atoms with Gasteiger partial charge < -0.3 is 24.6 Å². The van der Waals surface area contributed by atoms with Gasteiger partial charge in [0, 0.05) is 37.0 Å². The number of carbonyl (C=O) groups is 3. The van der Waals surface area contributed by atoms with Crippen LogP contribution in [0.3, 0.4) is 0 Å². The van der Waals surface area contributed by atoms with Crippen molar-refractivity contribution < 1.29 is 23.9 Å². The molecule has 1 fully saturated rings. The molecule has 0 unspecified atom stereocenters. The molecule has 10 heteroatoms. The van der Waals surface area contributed by atoms with Gasteiger partial charge in [-0.25, -0.2) is 4.98 Å². The lowest BCUT2D eigenvalue weighted by molar-refractivity contribution is -0.137. The van der Waals surface area contributed by atoms with Crippen molar-refractivity contribution in [3.05, 3.63) is 75.2 Å². The molecule has 3 aromatic rings. The third-order valence-electron chi connectivity index (χ3n) is 7.41. The van der Waals surface area contributed by atoms with Gasteiger partial charge >= 0.3 is 0 Å². The molecule has 2 atom stereocenters. The van der Waals surface area contributed by atoms with Crippen molar-refractivity contribution in [2.45, 2.75) is 51.9 Å². The number of nitrogens with zero attached hydrogens (tertiary/aromatic N) is 3. The predicted molar refractivity (Wildman–Crippen MR) is 152 cm³/mol. The van der Waals surface area contributed by atoms with Gasteiger partial charge in [-0.3, -0.25) is 14.4 Å². The molecule has 0 spiro atoms. The molecule has 2 aliphatic heterocycles. The number of thiazole rings is 1. The zero-order valence-corrected chi connectivity index (χ0v) is 23.8. The van der Waals surface area contributed by atoms with E-state index < -0.39 is 6.04 Å². The number of hydrogen-bond acceptors (Lipinski definition) is 7. The standard InChI is InChI=1S/C30H34N4O5S/c1-19-7-8-22-14-26(19)39-23-6-4-5-21(13-23)17-38-25-11-12-34(29(36)10-9-27-20(2)31-18-40-27)15-24(25)32-28(35)16-33(3)30(22)37/h4-8,13-14,18,24-25H,9-12,15-17H2,1-3H3,(H,32,35)/t24-,25+/m0/s1. The number of carbonyl (C=O) groups excluding carboxylic acids is 3. The number of likely N-dealkylation sites (tertiary alicyclic amines) is 1. The summed E-state index contributed by atoms with van der Waals surface area (Å²) >= 11 is 1.56. The monoisotopic (exact) mass is 562 g/mol. The predicted octanol–water partition coefficient (Wildman–Crippen LogP) is 3.87. The second-order valence-electron chi connectivity index (χ2n) is 10.4. The van der Waals surface area contributed by atoms with Gasteiger partial charge in [0.2, 0.25) is 11.8 Å². The summed E-state index contributed by atoms with van der Waals surface area (Å²) in [6, 6.07) is 12.5. The van der Waals surface area contributed by atoms with Crippen LogP contribution in [0, 0.1) is 13.8 Å². The maximum Gasteiger partial charge on any atom is 0.254 e. The van der Waals surface area contributed by atoms with Gasteiger partial charge in [0.15, 0.2) is 0 Å². The lowest BCUT2D eigenvalue weighted by atomic mass is 10.0. The first-order chi connectivity index (χ1) is 19.3. The highest BCUT2D eigenvalue weighted by Gasteiger charge is 2.33. The Morgan fingerprint density at radius 3 is 2.83 bits per heavy atom. The number of nitrogens with one attached hydrogen (secondary N) is 1. The zero-order chi connectivity index (χ0) is 28.2. The highest BCUT2D eigenvalue weighted by atomic mass is 32.1. The fourth-order valence-electron chi connectivity index (χ4n) is 5.07. The Balaban J connectivity index is 1.35. The quantitative estimate of drug-likeness (QED) is 0.520. The van der Waals surface area contributed by atoms with E-state index in [1.54, 1.807) is 40.9 Å². The maximum atomic E-state index is 13.2. The summed E-state index contributed by atoms with van der Waals surface area (Å²) in [5.41, 5.74) is 5.02. The van der Waals surface area contributed by atoms with E-state index in [0.29, 0.717) is 56.0 Å². The molecule has 1 aromatic heterocycles. The van der Waals surface area contributed by atoms with Gasteiger partial charge in [0.1, 0.15) is 11.5 Å². The minimum Gasteiger partial charge on any atom is -0.457 e. The first kappa shape index (κ1) is 27.8. The molecule has 3 amide bonds. The summed E-state index contributed by atoms with van der Waals surface area (Å²) in [5.74, 6) is 0.682. The van der Waals surface area contributed by atoms with Crippen LogP contribution in [0.1, 0.15) is 44.9 Å². The van der Waals surface area contributed by atoms with Crippen molar-refractivity contribution in [2.75, 3.05) is 26.7 Å². The van der Waals surface area contributed by atoms with Gasteiger partial charge in [-0.05, 0) is 62.1 Å². The van der Waals surface area contributed by atoms with Crippen LogP contribution >= 0.6 is 11.3 Å². The Bertz CT molecular complexity index is 1410. The Hall–Kier alpha value is -3.76. The molecule has 0 saturated carbocycles. The van der Waals surface area contributed by atoms with Gasteiger partial charge in [0.05, 0.1) is 36.5 Å². The van der Waals surface area contributed by atoms with Crippen molar-refractivity contribution in [3.63, 3.8) is 0 Å².